The predicted octanol–water partition coefficient (Wildman–Crippen LogP) is 3.50. The van der Waals surface area contributed by atoms with Crippen molar-refractivity contribution in [3.05, 3.63) is 48.4 Å². The van der Waals surface area contributed by atoms with Crippen LogP contribution in [-0.2, 0) is 14.8 Å². The van der Waals surface area contributed by atoms with E-state index in [4.69, 9.17) is 0 Å². The summed E-state index contributed by atoms with van der Waals surface area (Å²) in [5.41, 5.74) is -0.228. The zero-order chi connectivity index (χ0) is 26.5. The molecule has 1 fully saturated rings. The molecule has 1 unspecified atom stereocenters. The van der Waals surface area contributed by atoms with E-state index in [0.29, 0.717) is 43.9 Å². The van der Waals surface area contributed by atoms with Gasteiger partial charge in [-0.2, -0.15) is 0 Å². The van der Waals surface area contributed by atoms with Crippen LogP contribution < -0.4 is 15.4 Å². The van der Waals surface area contributed by atoms with Gasteiger partial charge in [0.1, 0.15) is 17.7 Å². The number of hydrogen-bond donors (Lipinski definition) is 4. The molecule has 1 aromatic carbocycles. The molecular formula is C24H32FN5O5S. The molecule has 1 atom stereocenters. The van der Waals surface area contributed by atoms with Crippen LogP contribution in [0.3, 0.4) is 0 Å². The number of carboxylic acid groups (broad SMARTS) is 1. The van der Waals surface area contributed by atoms with Gasteiger partial charge in [-0.3, -0.25) is 4.79 Å². The van der Waals surface area contributed by atoms with Crippen LogP contribution in [0.15, 0.2) is 47.5 Å². The average molecular weight is 522 g/mol. The molecule has 0 radical (unpaired) electrons. The fraction of sp³-hybridized carbons (Fsp3) is 0.458. The maximum atomic E-state index is 13.3. The summed E-state index contributed by atoms with van der Waals surface area (Å²) in [6, 6.07) is 7.78. The second-order valence-electron chi connectivity index (χ2n) is 9.88. The summed E-state index contributed by atoms with van der Waals surface area (Å²) in [5.74, 6) is -0.446. The number of piperidine rings is 1. The number of amides is 2. The number of anilines is 2. The molecule has 2 amide bonds. The Morgan fingerprint density at radius 1 is 1.14 bits per heavy atom. The Bertz CT molecular complexity index is 1160. The van der Waals surface area contributed by atoms with E-state index in [1.807, 2.05) is 0 Å². The zero-order valence-corrected chi connectivity index (χ0v) is 21.3. The summed E-state index contributed by atoms with van der Waals surface area (Å²) in [4.78, 5) is 29.8. The van der Waals surface area contributed by atoms with Crippen molar-refractivity contribution in [3.63, 3.8) is 0 Å². The largest absolute Gasteiger partial charge is 0.465 e. The van der Waals surface area contributed by atoms with Crippen molar-refractivity contribution in [1.29, 1.82) is 0 Å². The van der Waals surface area contributed by atoms with Crippen molar-refractivity contribution in [1.82, 2.24) is 14.6 Å². The lowest BCUT2D eigenvalue weighted by molar-refractivity contribution is -0.117. The third-order valence-electron chi connectivity index (χ3n) is 5.69. The first kappa shape index (κ1) is 27.3. The highest BCUT2D eigenvalue weighted by molar-refractivity contribution is 7.89. The highest BCUT2D eigenvalue weighted by Crippen LogP contribution is 2.24. The summed E-state index contributed by atoms with van der Waals surface area (Å²) in [5, 5.41) is 15.0. The summed E-state index contributed by atoms with van der Waals surface area (Å²) < 4.78 is 40.9. The van der Waals surface area contributed by atoms with Gasteiger partial charge in [0.2, 0.25) is 15.9 Å². The molecule has 1 saturated heterocycles. The Balaban J connectivity index is 1.71. The van der Waals surface area contributed by atoms with Gasteiger partial charge in [-0.1, -0.05) is 0 Å². The molecule has 0 bridgehead atoms. The minimum absolute atomic E-state index is 0.0748. The zero-order valence-electron chi connectivity index (χ0n) is 20.5. The first-order chi connectivity index (χ1) is 16.8. The summed E-state index contributed by atoms with van der Waals surface area (Å²) in [6.07, 6.45) is 1.73. The summed E-state index contributed by atoms with van der Waals surface area (Å²) in [7, 11) is -3.71. The van der Waals surface area contributed by atoms with Gasteiger partial charge in [0.15, 0.2) is 0 Å². The van der Waals surface area contributed by atoms with Crippen LogP contribution in [0.4, 0.5) is 20.7 Å². The smallest absolute Gasteiger partial charge is 0.407 e. The molecule has 3 rings (SSSR count). The van der Waals surface area contributed by atoms with E-state index in [9.17, 15) is 27.5 Å². The van der Waals surface area contributed by atoms with Gasteiger partial charge in [0.25, 0.3) is 0 Å². The Morgan fingerprint density at radius 2 is 1.78 bits per heavy atom. The van der Waals surface area contributed by atoms with Crippen molar-refractivity contribution >= 4 is 33.5 Å². The Morgan fingerprint density at radius 3 is 2.31 bits per heavy atom. The van der Waals surface area contributed by atoms with Gasteiger partial charge >= 0.3 is 6.09 Å². The van der Waals surface area contributed by atoms with Crippen molar-refractivity contribution in [2.45, 2.75) is 56.5 Å². The third-order valence-corrected chi connectivity index (χ3v) is 7.47. The van der Waals surface area contributed by atoms with Crippen LogP contribution in [0.5, 0.6) is 0 Å². The van der Waals surface area contributed by atoms with E-state index in [2.05, 4.69) is 20.3 Å². The highest BCUT2D eigenvalue weighted by atomic mass is 32.2. The van der Waals surface area contributed by atoms with Crippen molar-refractivity contribution in [3.8, 4) is 0 Å². The van der Waals surface area contributed by atoms with Crippen LogP contribution in [0.2, 0.25) is 0 Å². The van der Waals surface area contributed by atoms with E-state index >= 15 is 0 Å². The Labute approximate surface area is 210 Å². The molecule has 4 N–H and O–H groups in total. The SMILES string of the molecule is CC(C)(C)NS(=O)(=O)c1ccc(NC(=O)C(CC2CCN(C(=O)O)CC2)Nc2ccc(F)cn2)cc1. The molecule has 1 aliphatic heterocycles. The lowest BCUT2D eigenvalue weighted by atomic mass is 9.90. The molecule has 2 aromatic rings. The lowest BCUT2D eigenvalue weighted by Crippen LogP contribution is -2.41. The van der Waals surface area contributed by atoms with Gasteiger partial charge in [0, 0.05) is 24.3 Å². The number of aromatic nitrogens is 1. The first-order valence-electron chi connectivity index (χ1n) is 11.6. The number of carbonyl (C=O) groups excluding carboxylic acids is 1. The minimum atomic E-state index is -3.71. The van der Waals surface area contributed by atoms with Crippen LogP contribution >= 0.6 is 0 Å². The topological polar surface area (TPSA) is 141 Å². The summed E-state index contributed by atoms with van der Waals surface area (Å²) in [6.45, 7) is 6.01. The van der Waals surface area contributed by atoms with E-state index in [1.54, 1.807) is 20.8 Å². The third kappa shape index (κ3) is 7.89. The standard InChI is InChI=1S/C24H32FN5O5S/c1-24(2,3)29-36(34,35)19-7-5-18(6-8-19)27-22(31)20(28-21-9-4-17(25)15-26-21)14-16-10-12-30(13-11-16)23(32)33/h4-9,15-16,20,29H,10-14H2,1-3H3,(H,26,28)(H,27,31)(H,32,33). The number of nitrogens with zero attached hydrogens (tertiary/aromatic N) is 2. The molecule has 36 heavy (non-hydrogen) atoms. The molecule has 2 heterocycles. The molecule has 196 valence electrons. The van der Waals surface area contributed by atoms with Gasteiger partial charge in [0.05, 0.1) is 11.1 Å². The number of carbonyl (C=O) groups is 2. The molecule has 1 aliphatic rings. The van der Waals surface area contributed by atoms with Crippen molar-refractivity contribution in [2.24, 2.45) is 5.92 Å². The molecule has 1 aromatic heterocycles. The number of benzene rings is 1. The number of rotatable bonds is 8. The van der Waals surface area contributed by atoms with Gasteiger partial charge in [-0.25, -0.2) is 27.3 Å². The molecule has 10 nitrogen and oxygen atoms in total. The fourth-order valence-corrected chi connectivity index (χ4v) is 5.39. The fourth-order valence-electron chi connectivity index (χ4n) is 3.97. The van der Waals surface area contributed by atoms with Gasteiger partial charge in [-0.05, 0) is 82.3 Å². The van der Waals surface area contributed by atoms with E-state index in [-0.39, 0.29) is 16.7 Å². The molecule has 12 heteroatoms. The minimum Gasteiger partial charge on any atom is -0.465 e. The highest BCUT2D eigenvalue weighted by Gasteiger charge is 2.28. The Kier molecular flexibility index (Phi) is 8.51. The lowest BCUT2D eigenvalue weighted by Gasteiger charge is -2.32. The normalized spacial score (nSPS) is 15.8. The molecule has 0 aliphatic carbocycles. The van der Waals surface area contributed by atoms with Crippen LogP contribution in [0.1, 0.15) is 40.0 Å². The second kappa shape index (κ2) is 11.2. The number of hydrogen-bond acceptors (Lipinski definition) is 6. The van der Waals surface area contributed by atoms with E-state index < -0.39 is 33.5 Å². The average Bonchev–Trinajstić information content (AvgIpc) is 2.79. The van der Waals surface area contributed by atoms with Crippen LogP contribution in [0, 0.1) is 11.7 Å². The molecule has 0 spiro atoms. The molecule has 0 saturated carbocycles. The second-order valence-corrected chi connectivity index (χ2v) is 11.6. The number of nitrogens with one attached hydrogen (secondary N) is 3. The number of halogens is 1. The first-order valence-corrected chi connectivity index (χ1v) is 13.1. The van der Waals surface area contributed by atoms with Crippen molar-refractivity contribution < 1.29 is 27.5 Å². The van der Waals surface area contributed by atoms with Gasteiger partial charge < -0.3 is 20.6 Å². The van der Waals surface area contributed by atoms with E-state index in [0.717, 1.165) is 6.20 Å². The predicted molar refractivity (Wildman–Crippen MR) is 134 cm³/mol. The van der Waals surface area contributed by atoms with E-state index in [1.165, 1.54) is 41.3 Å². The van der Waals surface area contributed by atoms with Crippen LogP contribution in [-0.4, -0.2) is 60.1 Å². The maximum Gasteiger partial charge on any atom is 0.407 e. The van der Waals surface area contributed by atoms with Crippen molar-refractivity contribution in [2.75, 3.05) is 23.7 Å². The monoisotopic (exact) mass is 521 g/mol. The summed E-state index contributed by atoms with van der Waals surface area (Å²) >= 11 is 0. The quantitative estimate of drug-likeness (QED) is 0.417. The number of pyridine rings is 1. The van der Waals surface area contributed by atoms with Gasteiger partial charge in [-0.15, -0.1) is 0 Å². The maximum absolute atomic E-state index is 13.3. The number of sulfonamides is 1. The number of likely N-dealkylation sites (tertiary alicyclic amines) is 1. The Hall–Kier alpha value is -3.25. The molecular weight excluding hydrogens is 489 g/mol. The van der Waals surface area contributed by atoms with Crippen LogP contribution in [0.25, 0.3) is 0 Å².